The van der Waals surface area contributed by atoms with Gasteiger partial charge < -0.3 is 10.4 Å². The number of aromatic hydroxyl groups is 1. The van der Waals surface area contributed by atoms with Crippen LogP contribution in [0.4, 0.5) is 10.1 Å². The highest BCUT2D eigenvalue weighted by molar-refractivity contribution is 5.49. The molecule has 0 heterocycles. The van der Waals surface area contributed by atoms with Gasteiger partial charge in [0.1, 0.15) is 11.6 Å². The zero-order chi connectivity index (χ0) is 13.0. The second-order valence-corrected chi connectivity index (χ2v) is 3.83. The molecule has 2 aromatic carbocycles. The standard InChI is InChI=1S/C14H11FN2O/c15-13-7-10(8-16)4-5-14(13)17-9-11-2-1-3-12(18)6-11/h1-7,17-18H,9H2. The predicted octanol–water partition coefficient (Wildman–Crippen LogP) is 3.02. The van der Waals surface area contributed by atoms with Crippen LogP contribution in [0.2, 0.25) is 0 Å². The second-order valence-electron chi connectivity index (χ2n) is 3.83. The Kier molecular flexibility index (Phi) is 3.44. The molecule has 90 valence electrons. The van der Waals surface area contributed by atoms with Gasteiger partial charge in [-0.25, -0.2) is 4.39 Å². The van der Waals surface area contributed by atoms with Crippen molar-refractivity contribution in [3.05, 3.63) is 59.4 Å². The third-order valence-corrected chi connectivity index (χ3v) is 2.49. The lowest BCUT2D eigenvalue weighted by molar-refractivity contribution is 0.474. The number of halogens is 1. The summed E-state index contributed by atoms with van der Waals surface area (Å²) in [6.07, 6.45) is 0. The fourth-order valence-corrected chi connectivity index (χ4v) is 1.59. The molecular weight excluding hydrogens is 231 g/mol. The predicted molar refractivity (Wildman–Crippen MR) is 66.5 cm³/mol. The van der Waals surface area contributed by atoms with Crippen molar-refractivity contribution in [1.82, 2.24) is 0 Å². The van der Waals surface area contributed by atoms with E-state index in [2.05, 4.69) is 5.32 Å². The lowest BCUT2D eigenvalue weighted by atomic mass is 10.2. The maximum absolute atomic E-state index is 13.6. The molecular formula is C14H11FN2O. The monoisotopic (exact) mass is 242 g/mol. The maximum atomic E-state index is 13.6. The van der Waals surface area contributed by atoms with Gasteiger partial charge in [0.15, 0.2) is 0 Å². The maximum Gasteiger partial charge on any atom is 0.147 e. The van der Waals surface area contributed by atoms with Crippen LogP contribution in [0, 0.1) is 17.1 Å². The first-order valence-electron chi connectivity index (χ1n) is 5.40. The van der Waals surface area contributed by atoms with E-state index in [1.807, 2.05) is 12.1 Å². The number of benzene rings is 2. The van der Waals surface area contributed by atoms with Crippen molar-refractivity contribution >= 4 is 5.69 Å². The summed E-state index contributed by atoms with van der Waals surface area (Å²) in [6, 6.07) is 12.9. The molecule has 0 amide bonds. The van der Waals surface area contributed by atoms with E-state index in [1.165, 1.54) is 12.1 Å². The Bertz CT molecular complexity index is 605. The van der Waals surface area contributed by atoms with Gasteiger partial charge in [-0.15, -0.1) is 0 Å². The van der Waals surface area contributed by atoms with E-state index in [0.717, 1.165) is 5.56 Å². The van der Waals surface area contributed by atoms with Gasteiger partial charge >= 0.3 is 0 Å². The minimum absolute atomic E-state index is 0.176. The van der Waals surface area contributed by atoms with Gasteiger partial charge in [0.2, 0.25) is 0 Å². The molecule has 0 saturated carbocycles. The first kappa shape index (κ1) is 11.9. The molecule has 0 unspecified atom stereocenters. The van der Waals surface area contributed by atoms with Gasteiger partial charge in [0, 0.05) is 6.54 Å². The van der Waals surface area contributed by atoms with Crippen molar-refractivity contribution in [2.24, 2.45) is 0 Å². The number of rotatable bonds is 3. The minimum Gasteiger partial charge on any atom is -0.508 e. The largest absolute Gasteiger partial charge is 0.508 e. The van der Waals surface area contributed by atoms with Crippen molar-refractivity contribution in [3.63, 3.8) is 0 Å². The van der Waals surface area contributed by atoms with Gasteiger partial charge in [-0.3, -0.25) is 0 Å². The molecule has 0 spiro atoms. The lowest BCUT2D eigenvalue weighted by Crippen LogP contribution is -2.01. The Morgan fingerprint density at radius 2 is 2.06 bits per heavy atom. The van der Waals surface area contributed by atoms with Crippen LogP contribution in [0.1, 0.15) is 11.1 Å². The quantitative estimate of drug-likeness (QED) is 0.869. The molecule has 0 bridgehead atoms. The van der Waals surface area contributed by atoms with Crippen molar-refractivity contribution in [2.75, 3.05) is 5.32 Å². The first-order chi connectivity index (χ1) is 8.69. The van der Waals surface area contributed by atoms with E-state index in [-0.39, 0.29) is 11.3 Å². The number of anilines is 1. The van der Waals surface area contributed by atoms with E-state index in [4.69, 9.17) is 5.26 Å². The normalized spacial score (nSPS) is 9.78. The van der Waals surface area contributed by atoms with Gasteiger partial charge in [0.05, 0.1) is 17.3 Å². The summed E-state index contributed by atoms with van der Waals surface area (Å²) in [6.45, 7) is 0.400. The van der Waals surface area contributed by atoms with E-state index in [1.54, 1.807) is 24.3 Å². The second kappa shape index (κ2) is 5.19. The zero-order valence-electron chi connectivity index (χ0n) is 9.52. The summed E-state index contributed by atoms with van der Waals surface area (Å²) in [5.41, 5.74) is 1.46. The molecule has 2 aromatic rings. The smallest absolute Gasteiger partial charge is 0.147 e. The van der Waals surface area contributed by atoms with Gasteiger partial charge in [-0.2, -0.15) is 5.26 Å². The average Bonchev–Trinajstić information content (AvgIpc) is 2.37. The summed E-state index contributed by atoms with van der Waals surface area (Å²) in [4.78, 5) is 0. The SMILES string of the molecule is N#Cc1ccc(NCc2cccc(O)c2)c(F)c1. The number of hydrogen-bond donors (Lipinski definition) is 2. The highest BCUT2D eigenvalue weighted by atomic mass is 19.1. The van der Waals surface area contributed by atoms with Crippen LogP contribution >= 0.6 is 0 Å². The molecule has 0 fully saturated rings. The Hall–Kier alpha value is -2.54. The third kappa shape index (κ3) is 2.77. The van der Waals surface area contributed by atoms with Crippen LogP contribution in [0.5, 0.6) is 5.75 Å². The van der Waals surface area contributed by atoms with Crippen LogP contribution < -0.4 is 5.32 Å². The van der Waals surface area contributed by atoms with Crippen LogP contribution in [-0.2, 0) is 6.54 Å². The fraction of sp³-hybridized carbons (Fsp3) is 0.0714. The highest BCUT2D eigenvalue weighted by Crippen LogP contribution is 2.17. The topological polar surface area (TPSA) is 56.0 Å². The third-order valence-electron chi connectivity index (χ3n) is 2.49. The van der Waals surface area contributed by atoms with Crippen molar-refractivity contribution in [2.45, 2.75) is 6.54 Å². The van der Waals surface area contributed by atoms with Crippen molar-refractivity contribution in [1.29, 1.82) is 5.26 Å². The van der Waals surface area contributed by atoms with E-state index in [0.29, 0.717) is 12.2 Å². The van der Waals surface area contributed by atoms with E-state index < -0.39 is 5.82 Å². The molecule has 4 heteroatoms. The van der Waals surface area contributed by atoms with Gasteiger partial charge in [-0.05, 0) is 35.9 Å². The summed E-state index contributed by atoms with van der Waals surface area (Å²) in [5, 5.41) is 20.8. The molecule has 18 heavy (non-hydrogen) atoms. The number of nitrogens with zero attached hydrogens (tertiary/aromatic N) is 1. The fourth-order valence-electron chi connectivity index (χ4n) is 1.59. The molecule has 0 aromatic heterocycles. The first-order valence-corrected chi connectivity index (χ1v) is 5.40. The molecule has 0 aliphatic carbocycles. The van der Waals surface area contributed by atoms with Crippen LogP contribution in [-0.4, -0.2) is 5.11 Å². The molecule has 0 aliphatic rings. The van der Waals surface area contributed by atoms with Crippen LogP contribution in [0.25, 0.3) is 0 Å². The summed E-state index contributed by atoms with van der Waals surface area (Å²) in [5.74, 6) is -0.288. The molecule has 0 aliphatic heterocycles. The Morgan fingerprint density at radius 1 is 1.22 bits per heavy atom. The van der Waals surface area contributed by atoms with Crippen LogP contribution in [0.15, 0.2) is 42.5 Å². The lowest BCUT2D eigenvalue weighted by Gasteiger charge is -2.08. The molecule has 2 rings (SSSR count). The molecule has 0 saturated heterocycles. The van der Waals surface area contributed by atoms with Crippen molar-refractivity contribution < 1.29 is 9.50 Å². The Balaban J connectivity index is 2.09. The number of nitrogens with one attached hydrogen (secondary N) is 1. The van der Waals surface area contributed by atoms with E-state index in [9.17, 15) is 9.50 Å². The van der Waals surface area contributed by atoms with Crippen molar-refractivity contribution in [3.8, 4) is 11.8 Å². The number of phenols is 1. The average molecular weight is 242 g/mol. The number of hydrogen-bond acceptors (Lipinski definition) is 3. The summed E-state index contributed by atoms with van der Waals surface area (Å²) in [7, 11) is 0. The number of phenolic OH excluding ortho intramolecular Hbond substituents is 1. The molecule has 3 nitrogen and oxygen atoms in total. The zero-order valence-corrected chi connectivity index (χ0v) is 9.52. The van der Waals surface area contributed by atoms with Gasteiger partial charge in [0.25, 0.3) is 0 Å². The minimum atomic E-state index is -0.464. The molecule has 0 radical (unpaired) electrons. The Labute approximate surface area is 104 Å². The summed E-state index contributed by atoms with van der Waals surface area (Å²) >= 11 is 0. The highest BCUT2D eigenvalue weighted by Gasteiger charge is 2.03. The van der Waals surface area contributed by atoms with Crippen LogP contribution in [0.3, 0.4) is 0 Å². The molecule has 2 N–H and O–H groups in total. The molecule has 0 atom stereocenters. The van der Waals surface area contributed by atoms with E-state index >= 15 is 0 Å². The Morgan fingerprint density at radius 3 is 2.72 bits per heavy atom. The number of nitriles is 1. The van der Waals surface area contributed by atoms with Gasteiger partial charge in [-0.1, -0.05) is 12.1 Å². The summed E-state index contributed by atoms with van der Waals surface area (Å²) < 4.78 is 13.6.